The Morgan fingerprint density at radius 1 is 0.889 bits per heavy atom. The van der Waals surface area contributed by atoms with Gasteiger partial charge in [-0.15, -0.1) is 0 Å². The maximum Gasteiger partial charge on any atom is 0.256 e. The Kier molecular flexibility index (Phi) is 6.16. The van der Waals surface area contributed by atoms with Crippen molar-refractivity contribution in [2.75, 3.05) is 26.2 Å². The van der Waals surface area contributed by atoms with Crippen molar-refractivity contribution < 1.29 is 18.4 Å². The van der Waals surface area contributed by atoms with Gasteiger partial charge in [-0.1, -0.05) is 24.3 Å². The van der Waals surface area contributed by atoms with Gasteiger partial charge >= 0.3 is 0 Å². The molecule has 0 radical (unpaired) electrons. The molecule has 0 saturated carbocycles. The lowest BCUT2D eigenvalue weighted by molar-refractivity contribution is -0.131. The van der Waals surface area contributed by atoms with E-state index in [4.69, 9.17) is 0 Å². The average Bonchev–Trinajstić information content (AvgIpc) is 2.92. The average molecular weight is 372 g/mol. The lowest BCUT2D eigenvalue weighted by Gasteiger charge is -2.22. The van der Waals surface area contributed by atoms with Crippen molar-refractivity contribution >= 4 is 11.8 Å². The number of halogens is 2. The van der Waals surface area contributed by atoms with Gasteiger partial charge in [0.15, 0.2) is 0 Å². The molecule has 4 nitrogen and oxygen atoms in total. The van der Waals surface area contributed by atoms with Gasteiger partial charge in [-0.2, -0.15) is 0 Å². The molecule has 0 bridgehead atoms. The summed E-state index contributed by atoms with van der Waals surface area (Å²) in [6.45, 7) is 1.84. The van der Waals surface area contributed by atoms with E-state index in [-0.39, 0.29) is 23.2 Å². The maximum absolute atomic E-state index is 13.9. The van der Waals surface area contributed by atoms with Crippen LogP contribution in [0.2, 0.25) is 0 Å². The molecular weight excluding hydrogens is 350 g/mol. The highest BCUT2D eigenvalue weighted by molar-refractivity contribution is 5.94. The Bertz CT molecular complexity index is 825. The van der Waals surface area contributed by atoms with Gasteiger partial charge in [0.1, 0.15) is 11.6 Å². The quantitative estimate of drug-likeness (QED) is 0.827. The zero-order valence-corrected chi connectivity index (χ0v) is 15.0. The second-order valence-corrected chi connectivity index (χ2v) is 6.64. The molecule has 0 unspecified atom stereocenters. The van der Waals surface area contributed by atoms with Crippen LogP contribution in [0.15, 0.2) is 48.5 Å². The van der Waals surface area contributed by atoms with Crippen LogP contribution in [0.5, 0.6) is 0 Å². The molecule has 2 aromatic carbocycles. The van der Waals surface area contributed by atoms with Crippen LogP contribution in [0.3, 0.4) is 0 Å². The van der Waals surface area contributed by atoms with Crippen LogP contribution in [0.1, 0.15) is 28.8 Å². The van der Waals surface area contributed by atoms with E-state index in [1.165, 1.54) is 24.3 Å². The summed E-state index contributed by atoms with van der Waals surface area (Å²) >= 11 is 0. The number of hydrogen-bond acceptors (Lipinski definition) is 2. The predicted octanol–water partition coefficient (Wildman–Crippen LogP) is 3.27. The third-order valence-corrected chi connectivity index (χ3v) is 4.76. The van der Waals surface area contributed by atoms with Gasteiger partial charge in [0.2, 0.25) is 5.91 Å². The van der Waals surface area contributed by atoms with Crippen LogP contribution < -0.4 is 0 Å². The molecule has 1 fully saturated rings. The summed E-state index contributed by atoms with van der Waals surface area (Å²) in [5.41, 5.74) is 0.845. The monoisotopic (exact) mass is 372 g/mol. The molecule has 0 atom stereocenters. The minimum absolute atomic E-state index is 0.0144. The van der Waals surface area contributed by atoms with Crippen molar-refractivity contribution in [2.24, 2.45) is 0 Å². The molecule has 27 heavy (non-hydrogen) atoms. The zero-order chi connectivity index (χ0) is 19.2. The second kappa shape index (κ2) is 8.75. The van der Waals surface area contributed by atoms with E-state index in [0.717, 1.165) is 5.56 Å². The second-order valence-electron chi connectivity index (χ2n) is 6.64. The van der Waals surface area contributed by atoms with Gasteiger partial charge in [-0.25, -0.2) is 8.78 Å². The van der Waals surface area contributed by atoms with Gasteiger partial charge < -0.3 is 9.80 Å². The van der Waals surface area contributed by atoms with Gasteiger partial charge in [0.25, 0.3) is 5.91 Å². The lowest BCUT2D eigenvalue weighted by Crippen LogP contribution is -2.37. The summed E-state index contributed by atoms with van der Waals surface area (Å²) in [6.07, 6.45) is 1.42. The van der Waals surface area contributed by atoms with E-state index in [0.29, 0.717) is 45.4 Å². The normalized spacial score (nSPS) is 14.7. The third-order valence-electron chi connectivity index (χ3n) is 4.76. The highest BCUT2D eigenvalue weighted by Gasteiger charge is 2.24. The van der Waals surface area contributed by atoms with Gasteiger partial charge in [-0.05, 0) is 42.7 Å². The first-order valence-electron chi connectivity index (χ1n) is 9.10. The van der Waals surface area contributed by atoms with Gasteiger partial charge in [0, 0.05) is 32.6 Å². The topological polar surface area (TPSA) is 40.6 Å². The number of benzene rings is 2. The number of aryl methyl sites for hydroxylation is 1. The summed E-state index contributed by atoms with van der Waals surface area (Å²) in [5, 5.41) is 0. The molecule has 1 saturated heterocycles. The van der Waals surface area contributed by atoms with E-state index in [9.17, 15) is 18.4 Å². The molecule has 2 amide bonds. The summed E-state index contributed by atoms with van der Waals surface area (Å²) in [4.78, 5) is 28.3. The van der Waals surface area contributed by atoms with E-state index >= 15 is 0 Å². The maximum atomic E-state index is 13.9. The molecule has 0 N–H and O–H groups in total. The minimum Gasteiger partial charge on any atom is -0.341 e. The predicted molar refractivity (Wildman–Crippen MR) is 98.2 cm³/mol. The number of carbonyl (C=O) groups is 2. The highest BCUT2D eigenvalue weighted by atomic mass is 19.1. The zero-order valence-electron chi connectivity index (χ0n) is 15.0. The van der Waals surface area contributed by atoms with Crippen LogP contribution in [0.25, 0.3) is 0 Å². The first-order valence-corrected chi connectivity index (χ1v) is 9.10. The molecule has 3 rings (SSSR count). The fraction of sp³-hybridized carbons (Fsp3) is 0.333. The number of amides is 2. The first-order chi connectivity index (χ1) is 13.0. The summed E-state index contributed by atoms with van der Waals surface area (Å²) in [6, 6.07) is 12.2. The van der Waals surface area contributed by atoms with Crippen molar-refractivity contribution in [1.29, 1.82) is 0 Å². The standard InChI is InChI=1S/C21H22F2N2O2/c22-17-6-3-5-16(15-17)9-10-20(26)24-11-4-12-25(14-13-24)21(27)18-7-1-2-8-19(18)23/h1-3,5-8,15H,4,9-14H2. The van der Waals surface area contributed by atoms with Crippen molar-refractivity contribution in [3.05, 3.63) is 71.3 Å². The molecule has 0 spiro atoms. The Labute approximate surface area is 157 Å². The van der Waals surface area contributed by atoms with Gasteiger partial charge in [0.05, 0.1) is 5.56 Å². The van der Waals surface area contributed by atoms with Crippen molar-refractivity contribution in [1.82, 2.24) is 9.80 Å². The molecule has 1 aliphatic heterocycles. The fourth-order valence-corrected chi connectivity index (χ4v) is 3.28. The Balaban J connectivity index is 1.55. The van der Waals surface area contributed by atoms with Crippen LogP contribution in [-0.4, -0.2) is 47.8 Å². The Morgan fingerprint density at radius 3 is 2.41 bits per heavy atom. The molecule has 2 aromatic rings. The first kappa shape index (κ1) is 19.0. The lowest BCUT2D eigenvalue weighted by atomic mass is 10.1. The van der Waals surface area contributed by atoms with Crippen molar-refractivity contribution in [3.8, 4) is 0 Å². The summed E-state index contributed by atoms with van der Waals surface area (Å²) < 4.78 is 27.1. The smallest absolute Gasteiger partial charge is 0.256 e. The van der Waals surface area contributed by atoms with Crippen LogP contribution in [-0.2, 0) is 11.2 Å². The van der Waals surface area contributed by atoms with Crippen LogP contribution in [0, 0.1) is 11.6 Å². The van der Waals surface area contributed by atoms with E-state index in [1.54, 1.807) is 34.1 Å². The molecule has 1 heterocycles. The Morgan fingerprint density at radius 2 is 1.63 bits per heavy atom. The van der Waals surface area contributed by atoms with Crippen molar-refractivity contribution in [2.45, 2.75) is 19.3 Å². The molecule has 6 heteroatoms. The number of nitrogens with zero attached hydrogens (tertiary/aromatic N) is 2. The molecule has 1 aliphatic rings. The van der Waals surface area contributed by atoms with Gasteiger partial charge in [-0.3, -0.25) is 9.59 Å². The molecule has 0 aliphatic carbocycles. The number of rotatable bonds is 4. The molecule has 142 valence electrons. The van der Waals surface area contributed by atoms with Crippen LogP contribution in [0.4, 0.5) is 8.78 Å². The fourth-order valence-electron chi connectivity index (χ4n) is 3.28. The Hall–Kier alpha value is -2.76. The summed E-state index contributed by atoms with van der Waals surface area (Å²) in [5.74, 6) is -1.20. The van der Waals surface area contributed by atoms with E-state index in [2.05, 4.69) is 0 Å². The highest BCUT2D eigenvalue weighted by Crippen LogP contribution is 2.14. The summed E-state index contributed by atoms with van der Waals surface area (Å²) in [7, 11) is 0. The van der Waals surface area contributed by atoms with E-state index in [1.807, 2.05) is 0 Å². The van der Waals surface area contributed by atoms with Crippen molar-refractivity contribution in [3.63, 3.8) is 0 Å². The van der Waals surface area contributed by atoms with E-state index < -0.39 is 5.82 Å². The van der Waals surface area contributed by atoms with Crippen LogP contribution >= 0.6 is 0 Å². The minimum atomic E-state index is -0.533. The largest absolute Gasteiger partial charge is 0.341 e. The number of hydrogen-bond donors (Lipinski definition) is 0. The SMILES string of the molecule is O=C(CCc1cccc(F)c1)N1CCCN(C(=O)c2ccccc2F)CC1. The molecule has 0 aromatic heterocycles. The molecular formula is C21H22F2N2O2. The third kappa shape index (κ3) is 4.90. The number of carbonyl (C=O) groups excluding carboxylic acids is 2.